The summed E-state index contributed by atoms with van der Waals surface area (Å²) in [5.74, 6) is 1.48. The van der Waals surface area contributed by atoms with Gasteiger partial charge in [-0.2, -0.15) is 4.68 Å². The first kappa shape index (κ1) is 21.0. The second-order valence-corrected chi connectivity index (χ2v) is 7.33. The first-order valence-corrected chi connectivity index (χ1v) is 9.93. The van der Waals surface area contributed by atoms with Gasteiger partial charge in [-0.05, 0) is 85.4 Å². The third kappa shape index (κ3) is 4.65. The van der Waals surface area contributed by atoms with Gasteiger partial charge in [0.15, 0.2) is 11.5 Å². The molecule has 29 heavy (non-hydrogen) atoms. The third-order valence-electron chi connectivity index (χ3n) is 4.80. The van der Waals surface area contributed by atoms with Crippen LogP contribution in [0.3, 0.4) is 0 Å². The Morgan fingerprint density at radius 1 is 1.10 bits per heavy atom. The van der Waals surface area contributed by atoms with Gasteiger partial charge >= 0.3 is 0 Å². The van der Waals surface area contributed by atoms with Crippen molar-refractivity contribution >= 4 is 12.2 Å². The maximum Gasteiger partial charge on any atom is 0.221 e. The van der Waals surface area contributed by atoms with E-state index in [2.05, 4.69) is 35.2 Å². The maximum absolute atomic E-state index is 5.62. The summed E-state index contributed by atoms with van der Waals surface area (Å²) in [7, 11) is 3.66. The molecule has 3 rings (SSSR count). The number of rotatable bonds is 8. The molecule has 7 nitrogen and oxygen atoms in total. The number of ether oxygens (including phenoxy) is 2. The molecule has 0 radical (unpaired) electrons. The topological polar surface area (TPSA) is 57.3 Å². The van der Waals surface area contributed by atoms with Crippen molar-refractivity contribution in [3.05, 3.63) is 57.9 Å². The minimum atomic E-state index is 0.527. The predicted octanol–water partition coefficient (Wildman–Crippen LogP) is 3.91. The fourth-order valence-electron chi connectivity index (χ4n) is 3.15. The Morgan fingerprint density at radius 2 is 1.90 bits per heavy atom. The van der Waals surface area contributed by atoms with Gasteiger partial charge in [0.05, 0.1) is 26.1 Å². The van der Waals surface area contributed by atoms with Crippen molar-refractivity contribution < 1.29 is 9.47 Å². The molecule has 0 atom stereocenters. The van der Waals surface area contributed by atoms with Crippen molar-refractivity contribution in [1.29, 1.82) is 0 Å². The molecule has 0 fully saturated rings. The standard InChI is InChI=1S/C21H27N5O2S/c1-6-28-19-11-10-17(12-20(19)27-5)13-24(4)14-25-21(29)26(23-22-25)18-9-7-8-15(2)16(18)3/h7-12H,6,13-14H2,1-5H3. The molecule has 0 spiro atoms. The number of hydrogen-bond donors (Lipinski definition) is 0. The predicted molar refractivity (Wildman–Crippen MR) is 115 cm³/mol. The largest absolute Gasteiger partial charge is 0.493 e. The van der Waals surface area contributed by atoms with Crippen LogP contribution in [0, 0.1) is 18.6 Å². The van der Waals surface area contributed by atoms with Crippen LogP contribution in [-0.4, -0.2) is 45.5 Å². The molecule has 0 saturated heterocycles. The van der Waals surface area contributed by atoms with E-state index in [1.54, 1.807) is 16.5 Å². The fraction of sp³-hybridized carbons (Fsp3) is 0.381. The number of aromatic nitrogens is 4. The monoisotopic (exact) mass is 413 g/mol. The summed E-state index contributed by atoms with van der Waals surface area (Å²) in [4.78, 5) is 2.12. The Morgan fingerprint density at radius 3 is 2.62 bits per heavy atom. The Balaban J connectivity index is 1.75. The highest BCUT2D eigenvalue weighted by atomic mass is 32.1. The van der Waals surface area contributed by atoms with Crippen LogP contribution in [0.2, 0.25) is 0 Å². The average Bonchev–Trinajstić information content (AvgIpc) is 3.05. The highest BCUT2D eigenvalue weighted by molar-refractivity contribution is 7.71. The summed E-state index contributed by atoms with van der Waals surface area (Å²) >= 11 is 5.62. The average molecular weight is 414 g/mol. The van der Waals surface area contributed by atoms with Crippen LogP contribution >= 0.6 is 12.2 Å². The summed E-state index contributed by atoms with van der Waals surface area (Å²) in [5, 5.41) is 8.53. The van der Waals surface area contributed by atoms with E-state index in [4.69, 9.17) is 21.7 Å². The van der Waals surface area contributed by atoms with Gasteiger partial charge in [0.25, 0.3) is 0 Å². The quantitative estimate of drug-likeness (QED) is 0.522. The van der Waals surface area contributed by atoms with Crippen LogP contribution in [0.25, 0.3) is 5.69 Å². The molecule has 1 aromatic heterocycles. The second-order valence-electron chi connectivity index (χ2n) is 6.97. The van der Waals surface area contributed by atoms with Gasteiger partial charge < -0.3 is 9.47 Å². The van der Waals surface area contributed by atoms with E-state index in [1.807, 2.05) is 44.3 Å². The van der Waals surface area contributed by atoms with E-state index >= 15 is 0 Å². The minimum Gasteiger partial charge on any atom is -0.493 e. The number of aryl methyl sites for hydroxylation is 1. The van der Waals surface area contributed by atoms with E-state index in [0.717, 1.165) is 28.3 Å². The molecular weight excluding hydrogens is 386 g/mol. The van der Waals surface area contributed by atoms with Crippen LogP contribution in [0.1, 0.15) is 23.6 Å². The Kier molecular flexibility index (Phi) is 6.66. The van der Waals surface area contributed by atoms with Gasteiger partial charge in [-0.15, -0.1) is 0 Å². The lowest BCUT2D eigenvalue weighted by Crippen LogP contribution is -2.22. The minimum absolute atomic E-state index is 0.527. The van der Waals surface area contributed by atoms with Crippen LogP contribution in [0.5, 0.6) is 11.5 Å². The Bertz CT molecular complexity index is 1040. The van der Waals surface area contributed by atoms with Crippen LogP contribution < -0.4 is 9.47 Å². The van der Waals surface area contributed by atoms with Crippen molar-refractivity contribution in [3.8, 4) is 17.2 Å². The smallest absolute Gasteiger partial charge is 0.221 e. The van der Waals surface area contributed by atoms with Crippen LogP contribution in [0.15, 0.2) is 36.4 Å². The molecule has 0 unspecified atom stereocenters. The Labute approximate surface area is 176 Å². The molecule has 0 bridgehead atoms. The molecule has 0 saturated carbocycles. The lowest BCUT2D eigenvalue weighted by atomic mass is 10.1. The SMILES string of the molecule is CCOc1ccc(CN(C)Cn2nnn(-c3cccc(C)c3C)c2=S)cc1OC. The molecule has 154 valence electrons. The van der Waals surface area contributed by atoms with Gasteiger partial charge in [-0.25, -0.2) is 4.68 Å². The molecule has 0 aliphatic carbocycles. The maximum atomic E-state index is 5.62. The third-order valence-corrected chi connectivity index (χ3v) is 5.18. The zero-order chi connectivity index (χ0) is 21.0. The summed E-state index contributed by atoms with van der Waals surface area (Å²) in [5.41, 5.74) is 4.41. The molecule has 0 aliphatic heterocycles. The molecule has 8 heteroatoms. The van der Waals surface area contributed by atoms with Gasteiger partial charge in [0.1, 0.15) is 0 Å². The van der Waals surface area contributed by atoms with Crippen LogP contribution in [0.4, 0.5) is 0 Å². The molecule has 3 aromatic rings. The van der Waals surface area contributed by atoms with Gasteiger partial charge in [0.2, 0.25) is 4.77 Å². The van der Waals surface area contributed by atoms with Crippen molar-refractivity contribution in [2.24, 2.45) is 0 Å². The summed E-state index contributed by atoms with van der Waals surface area (Å²) in [6.45, 7) is 7.93. The second kappa shape index (κ2) is 9.19. The molecule has 0 N–H and O–H groups in total. The lowest BCUT2D eigenvalue weighted by Gasteiger charge is -2.17. The van der Waals surface area contributed by atoms with E-state index in [1.165, 1.54) is 5.56 Å². The van der Waals surface area contributed by atoms with Crippen molar-refractivity contribution in [3.63, 3.8) is 0 Å². The summed E-state index contributed by atoms with van der Waals surface area (Å²) in [6.07, 6.45) is 0. The number of tetrazole rings is 1. The molecular formula is C21H27N5O2S. The molecule has 2 aromatic carbocycles. The molecule has 0 aliphatic rings. The first-order valence-electron chi connectivity index (χ1n) is 9.52. The Hall–Kier alpha value is -2.71. The zero-order valence-electron chi connectivity index (χ0n) is 17.5. The number of hydrogen-bond acceptors (Lipinski definition) is 6. The highest BCUT2D eigenvalue weighted by Gasteiger charge is 2.12. The van der Waals surface area contributed by atoms with E-state index < -0.39 is 0 Å². The highest BCUT2D eigenvalue weighted by Crippen LogP contribution is 2.28. The van der Waals surface area contributed by atoms with Crippen LogP contribution in [-0.2, 0) is 13.2 Å². The number of benzene rings is 2. The van der Waals surface area contributed by atoms with Gasteiger partial charge in [0, 0.05) is 6.54 Å². The lowest BCUT2D eigenvalue weighted by molar-refractivity contribution is 0.241. The van der Waals surface area contributed by atoms with Gasteiger partial charge in [-0.3, -0.25) is 4.90 Å². The molecule has 0 amide bonds. The number of methoxy groups -OCH3 is 1. The summed E-state index contributed by atoms with van der Waals surface area (Å²) < 4.78 is 15.0. The normalized spacial score (nSPS) is 11.1. The zero-order valence-corrected chi connectivity index (χ0v) is 18.4. The molecule has 1 heterocycles. The van der Waals surface area contributed by atoms with Crippen molar-refractivity contribution in [2.75, 3.05) is 20.8 Å². The van der Waals surface area contributed by atoms with E-state index in [-0.39, 0.29) is 0 Å². The van der Waals surface area contributed by atoms with Gasteiger partial charge in [-0.1, -0.05) is 18.2 Å². The number of nitrogens with zero attached hydrogens (tertiary/aromatic N) is 5. The van der Waals surface area contributed by atoms with E-state index in [9.17, 15) is 0 Å². The summed E-state index contributed by atoms with van der Waals surface area (Å²) in [6, 6.07) is 12.1. The van der Waals surface area contributed by atoms with Crippen molar-refractivity contribution in [2.45, 2.75) is 34.0 Å². The van der Waals surface area contributed by atoms with E-state index in [0.29, 0.717) is 24.6 Å². The fourth-order valence-corrected chi connectivity index (χ4v) is 3.38. The van der Waals surface area contributed by atoms with Crippen molar-refractivity contribution in [1.82, 2.24) is 24.7 Å². The first-order chi connectivity index (χ1) is 13.9.